The lowest BCUT2D eigenvalue weighted by atomic mass is 9.91. The van der Waals surface area contributed by atoms with Crippen molar-refractivity contribution < 1.29 is 5.11 Å². The second-order valence-electron chi connectivity index (χ2n) is 5.09. The highest BCUT2D eigenvalue weighted by Gasteiger charge is 2.41. The van der Waals surface area contributed by atoms with Crippen LogP contribution in [0.2, 0.25) is 0 Å². The Labute approximate surface area is 106 Å². The van der Waals surface area contributed by atoms with Crippen LogP contribution in [0.3, 0.4) is 0 Å². The summed E-state index contributed by atoms with van der Waals surface area (Å²) in [5, 5.41) is 15.2. The Kier molecular flexibility index (Phi) is 2.50. The molecule has 94 valence electrons. The summed E-state index contributed by atoms with van der Waals surface area (Å²) in [4.78, 5) is 0. The summed E-state index contributed by atoms with van der Waals surface area (Å²) in [5.74, 6) is 0. The van der Waals surface area contributed by atoms with Crippen molar-refractivity contribution in [2.75, 3.05) is 0 Å². The number of nitrogens with zero attached hydrogens (tertiary/aromatic N) is 2. The predicted octanol–water partition coefficient (Wildman–Crippen LogP) is 1.25. The SMILES string of the molecule is Cn1ccc(CC2(O)CC(N)c3ccccc32)n1. The van der Waals surface area contributed by atoms with Crippen LogP contribution in [0.25, 0.3) is 0 Å². The maximum atomic E-state index is 10.8. The molecule has 4 heteroatoms. The zero-order valence-electron chi connectivity index (χ0n) is 10.4. The predicted molar refractivity (Wildman–Crippen MR) is 68.8 cm³/mol. The number of benzene rings is 1. The number of hydrogen-bond acceptors (Lipinski definition) is 3. The molecule has 2 aromatic rings. The van der Waals surface area contributed by atoms with E-state index in [4.69, 9.17) is 5.73 Å². The van der Waals surface area contributed by atoms with E-state index >= 15 is 0 Å². The highest BCUT2D eigenvalue weighted by atomic mass is 16.3. The smallest absolute Gasteiger partial charge is 0.0973 e. The number of aromatic nitrogens is 2. The molecule has 0 spiro atoms. The molecular formula is C14H17N3O. The molecule has 1 aromatic carbocycles. The van der Waals surface area contributed by atoms with Crippen LogP contribution in [0.5, 0.6) is 0 Å². The molecule has 18 heavy (non-hydrogen) atoms. The molecule has 0 radical (unpaired) electrons. The average molecular weight is 243 g/mol. The molecule has 0 bridgehead atoms. The van der Waals surface area contributed by atoms with Crippen molar-refractivity contribution in [2.24, 2.45) is 12.8 Å². The van der Waals surface area contributed by atoms with Crippen LogP contribution in [-0.2, 0) is 19.1 Å². The Morgan fingerprint density at radius 2 is 2.22 bits per heavy atom. The first kappa shape index (κ1) is 11.4. The monoisotopic (exact) mass is 243 g/mol. The van der Waals surface area contributed by atoms with E-state index in [9.17, 15) is 5.11 Å². The van der Waals surface area contributed by atoms with E-state index in [1.807, 2.05) is 43.6 Å². The van der Waals surface area contributed by atoms with Crippen molar-refractivity contribution in [2.45, 2.75) is 24.5 Å². The van der Waals surface area contributed by atoms with Gasteiger partial charge in [-0.3, -0.25) is 4.68 Å². The molecule has 1 heterocycles. The fraction of sp³-hybridized carbons (Fsp3) is 0.357. The topological polar surface area (TPSA) is 64.1 Å². The minimum atomic E-state index is -0.885. The van der Waals surface area contributed by atoms with Crippen LogP contribution in [0.1, 0.15) is 29.3 Å². The second kappa shape index (κ2) is 3.93. The van der Waals surface area contributed by atoms with Crippen molar-refractivity contribution in [3.63, 3.8) is 0 Å². The lowest BCUT2D eigenvalue weighted by Gasteiger charge is -2.23. The number of fused-ring (bicyclic) bond motifs is 1. The third-order valence-electron chi connectivity index (χ3n) is 3.66. The third-order valence-corrected chi connectivity index (χ3v) is 3.66. The molecule has 0 amide bonds. The highest BCUT2D eigenvalue weighted by molar-refractivity contribution is 5.40. The maximum Gasteiger partial charge on any atom is 0.0973 e. The minimum Gasteiger partial charge on any atom is -0.385 e. The number of hydrogen-bond donors (Lipinski definition) is 2. The molecule has 1 aliphatic carbocycles. The molecule has 2 unspecified atom stereocenters. The number of nitrogens with two attached hydrogens (primary N) is 1. The summed E-state index contributed by atoms with van der Waals surface area (Å²) in [5.41, 5.74) is 8.10. The van der Waals surface area contributed by atoms with E-state index in [-0.39, 0.29) is 6.04 Å². The fourth-order valence-corrected chi connectivity index (χ4v) is 2.85. The first-order valence-corrected chi connectivity index (χ1v) is 6.14. The molecule has 3 N–H and O–H groups in total. The van der Waals surface area contributed by atoms with Crippen LogP contribution in [0, 0.1) is 0 Å². The third kappa shape index (κ3) is 1.74. The van der Waals surface area contributed by atoms with E-state index in [2.05, 4.69) is 5.10 Å². The average Bonchev–Trinajstić information content (AvgIpc) is 2.84. The van der Waals surface area contributed by atoms with Crippen molar-refractivity contribution in [3.05, 3.63) is 53.3 Å². The van der Waals surface area contributed by atoms with Gasteiger partial charge in [-0.2, -0.15) is 5.10 Å². The number of rotatable bonds is 2. The van der Waals surface area contributed by atoms with E-state index in [0.29, 0.717) is 12.8 Å². The molecule has 0 aliphatic heterocycles. The van der Waals surface area contributed by atoms with Crippen LogP contribution in [0.4, 0.5) is 0 Å². The Morgan fingerprint density at radius 1 is 1.44 bits per heavy atom. The van der Waals surface area contributed by atoms with Gasteiger partial charge in [-0.25, -0.2) is 0 Å². The van der Waals surface area contributed by atoms with Gasteiger partial charge in [0, 0.05) is 25.7 Å². The van der Waals surface area contributed by atoms with E-state index in [1.54, 1.807) is 4.68 Å². The molecular weight excluding hydrogens is 226 g/mol. The number of aliphatic hydroxyl groups is 1. The molecule has 2 atom stereocenters. The van der Waals surface area contributed by atoms with E-state index in [1.165, 1.54) is 0 Å². The quantitative estimate of drug-likeness (QED) is 0.834. The van der Waals surface area contributed by atoms with Crippen molar-refractivity contribution >= 4 is 0 Å². The van der Waals surface area contributed by atoms with Gasteiger partial charge in [0.15, 0.2) is 0 Å². The van der Waals surface area contributed by atoms with Crippen molar-refractivity contribution in [1.29, 1.82) is 0 Å². The lowest BCUT2D eigenvalue weighted by Crippen LogP contribution is -2.26. The zero-order chi connectivity index (χ0) is 12.8. The number of aryl methyl sites for hydroxylation is 1. The minimum absolute atomic E-state index is 0.0880. The van der Waals surface area contributed by atoms with Gasteiger partial charge in [0.2, 0.25) is 0 Å². The van der Waals surface area contributed by atoms with Crippen molar-refractivity contribution in [3.8, 4) is 0 Å². The van der Waals surface area contributed by atoms with E-state index < -0.39 is 5.60 Å². The molecule has 0 saturated carbocycles. The molecule has 3 rings (SSSR count). The van der Waals surface area contributed by atoms with Gasteiger partial charge >= 0.3 is 0 Å². The van der Waals surface area contributed by atoms with E-state index in [0.717, 1.165) is 16.8 Å². The second-order valence-corrected chi connectivity index (χ2v) is 5.09. The van der Waals surface area contributed by atoms with Crippen LogP contribution in [0.15, 0.2) is 36.5 Å². The van der Waals surface area contributed by atoms with Gasteiger partial charge in [-0.1, -0.05) is 24.3 Å². The standard InChI is InChI=1S/C14H17N3O/c1-17-7-6-10(16-17)8-14(18)9-13(15)11-4-2-3-5-12(11)14/h2-7,13,18H,8-9,15H2,1H3. The molecule has 1 aliphatic rings. The molecule has 1 aromatic heterocycles. The Hall–Kier alpha value is -1.65. The molecule has 4 nitrogen and oxygen atoms in total. The Balaban J connectivity index is 1.97. The Bertz CT molecular complexity index is 578. The summed E-state index contributed by atoms with van der Waals surface area (Å²) >= 11 is 0. The van der Waals surface area contributed by atoms with Gasteiger partial charge in [0.05, 0.1) is 11.3 Å². The summed E-state index contributed by atoms with van der Waals surface area (Å²) < 4.78 is 1.75. The largest absolute Gasteiger partial charge is 0.385 e. The van der Waals surface area contributed by atoms with Gasteiger partial charge < -0.3 is 10.8 Å². The molecule has 0 saturated heterocycles. The summed E-state index contributed by atoms with van der Waals surface area (Å²) in [7, 11) is 1.88. The lowest BCUT2D eigenvalue weighted by molar-refractivity contribution is 0.0331. The van der Waals surface area contributed by atoms with Crippen LogP contribution < -0.4 is 5.73 Å². The Morgan fingerprint density at radius 3 is 2.94 bits per heavy atom. The molecule has 0 fully saturated rings. The summed E-state index contributed by atoms with van der Waals surface area (Å²) in [6, 6.07) is 9.71. The van der Waals surface area contributed by atoms with Gasteiger partial charge in [-0.05, 0) is 23.6 Å². The first-order valence-electron chi connectivity index (χ1n) is 6.14. The van der Waals surface area contributed by atoms with Gasteiger partial charge in [0.25, 0.3) is 0 Å². The van der Waals surface area contributed by atoms with Crippen molar-refractivity contribution in [1.82, 2.24) is 9.78 Å². The first-order chi connectivity index (χ1) is 8.58. The van der Waals surface area contributed by atoms with Crippen LogP contribution >= 0.6 is 0 Å². The summed E-state index contributed by atoms with van der Waals surface area (Å²) in [6.45, 7) is 0. The van der Waals surface area contributed by atoms with Gasteiger partial charge in [0.1, 0.15) is 0 Å². The fourth-order valence-electron chi connectivity index (χ4n) is 2.85. The van der Waals surface area contributed by atoms with Gasteiger partial charge in [-0.15, -0.1) is 0 Å². The van der Waals surface area contributed by atoms with Crippen LogP contribution in [-0.4, -0.2) is 14.9 Å². The highest BCUT2D eigenvalue weighted by Crippen LogP contribution is 2.43. The normalized spacial score (nSPS) is 26.3. The maximum absolute atomic E-state index is 10.8. The summed E-state index contributed by atoms with van der Waals surface area (Å²) in [6.07, 6.45) is 2.96. The zero-order valence-corrected chi connectivity index (χ0v) is 10.4.